The maximum absolute atomic E-state index is 12.2. The highest BCUT2D eigenvalue weighted by molar-refractivity contribution is 5.79. The molecule has 1 amide bonds. The Balaban J connectivity index is 1.54. The third-order valence-corrected chi connectivity index (χ3v) is 5.31. The Morgan fingerprint density at radius 3 is 2.54 bits per heavy atom. The van der Waals surface area contributed by atoms with Crippen LogP contribution in [0.25, 0.3) is 0 Å². The van der Waals surface area contributed by atoms with Gasteiger partial charge in [0.05, 0.1) is 5.92 Å². The van der Waals surface area contributed by atoms with Gasteiger partial charge >= 0.3 is 0 Å². The monoisotopic (exact) mass is 330 g/mol. The summed E-state index contributed by atoms with van der Waals surface area (Å²) in [5.41, 5.74) is 2.59. The van der Waals surface area contributed by atoms with Crippen LogP contribution in [0.5, 0.6) is 0 Å². The average molecular weight is 330 g/mol. The van der Waals surface area contributed by atoms with Crippen molar-refractivity contribution >= 4 is 5.91 Å². The molecule has 24 heavy (non-hydrogen) atoms. The SMILES string of the molecule is CCN1CCN(Cc2ccccc2CNC(=O)C2CCNC2)CC1. The molecule has 2 saturated heterocycles. The Labute approximate surface area is 145 Å². The largest absolute Gasteiger partial charge is 0.352 e. The van der Waals surface area contributed by atoms with Gasteiger partial charge in [-0.15, -0.1) is 0 Å². The Kier molecular flexibility index (Phi) is 6.24. The molecule has 2 fully saturated rings. The average Bonchev–Trinajstić information content (AvgIpc) is 3.16. The minimum Gasteiger partial charge on any atom is -0.352 e. The first kappa shape index (κ1) is 17.4. The molecule has 2 aliphatic rings. The molecule has 1 aromatic rings. The molecule has 1 atom stereocenters. The van der Waals surface area contributed by atoms with Gasteiger partial charge in [0.15, 0.2) is 0 Å². The van der Waals surface area contributed by atoms with Gasteiger partial charge in [-0.2, -0.15) is 0 Å². The smallest absolute Gasteiger partial charge is 0.224 e. The first-order valence-corrected chi connectivity index (χ1v) is 9.26. The van der Waals surface area contributed by atoms with Crippen molar-refractivity contribution < 1.29 is 4.79 Å². The van der Waals surface area contributed by atoms with E-state index in [2.05, 4.69) is 51.6 Å². The predicted octanol–water partition coefficient (Wildman–Crippen LogP) is 1.05. The summed E-state index contributed by atoms with van der Waals surface area (Å²) in [6.07, 6.45) is 0.954. The van der Waals surface area contributed by atoms with Crippen LogP contribution in [0.2, 0.25) is 0 Å². The van der Waals surface area contributed by atoms with E-state index < -0.39 is 0 Å². The number of hydrogen-bond acceptors (Lipinski definition) is 4. The highest BCUT2D eigenvalue weighted by Crippen LogP contribution is 2.14. The molecular formula is C19H30N4O. The predicted molar refractivity (Wildman–Crippen MR) is 96.7 cm³/mol. The summed E-state index contributed by atoms with van der Waals surface area (Å²) in [5.74, 6) is 0.325. The summed E-state index contributed by atoms with van der Waals surface area (Å²) in [5, 5.41) is 6.38. The lowest BCUT2D eigenvalue weighted by Gasteiger charge is -2.34. The van der Waals surface area contributed by atoms with Gasteiger partial charge in [0, 0.05) is 45.8 Å². The summed E-state index contributed by atoms with van der Waals surface area (Å²) in [6, 6.07) is 8.51. The number of benzene rings is 1. The third kappa shape index (κ3) is 4.56. The number of piperazine rings is 1. The van der Waals surface area contributed by atoms with Crippen LogP contribution < -0.4 is 10.6 Å². The van der Waals surface area contributed by atoms with Crippen LogP contribution in [0.15, 0.2) is 24.3 Å². The second-order valence-corrected chi connectivity index (χ2v) is 6.89. The van der Waals surface area contributed by atoms with Crippen LogP contribution in [-0.2, 0) is 17.9 Å². The fraction of sp³-hybridized carbons (Fsp3) is 0.632. The Hall–Kier alpha value is -1.43. The van der Waals surface area contributed by atoms with E-state index >= 15 is 0 Å². The minimum absolute atomic E-state index is 0.138. The number of nitrogens with zero attached hydrogens (tertiary/aromatic N) is 2. The molecular weight excluding hydrogens is 300 g/mol. The quantitative estimate of drug-likeness (QED) is 0.819. The van der Waals surface area contributed by atoms with Crippen LogP contribution in [0.1, 0.15) is 24.5 Å². The highest BCUT2D eigenvalue weighted by atomic mass is 16.1. The van der Waals surface area contributed by atoms with Crippen LogP contribution in [0.3, 0.4) is 0 Å². The Bertz CT molecular complexity index is 534. The second-order valence-electron chi connectivity index (χ2n) is 6.89. The van der Waals surface area contributed by atoms with Gasteiger partial charge in [-0.05, 0) is 30.6 Å². The molecule has 132 valence electrons. The standard InChI is InChI=1S/C19H30N4O/c1-2-22-9-11-23(12-10-22)15-18-6-4-3-5-16(18)14-21-19(24)17-7-8-20-13-17/h3-6,17,20H,2,7-15H2,1H3,(H,21,24). The Morgan fingerprint density at radius 2 is 1.88 bits per heavy atom. The molecule has 0 aliphatic carbocycles. The van der Waals surface area contributed by atoms with E-state index in [1.165, 1.54) is 11.1 Å². The number of amides is 1. The molecule has 0 aromatic heterocycles. The molecule has 2 N–H and O–H groups in total. The summed E-state index contributed by atoms with van der Waals surface area (Å²) in [6.45, 7) is 11.3. The minimum atomic E-state index is 0.138. The lowest BCUT2D eigenvalue weighted by molar-refractivity contribution is -0.124. The van der Waals surface area contributed by atoms with Crippen molar-refractivity contribution in [2.24, 2.45) is 5.92 Å². The molecule has 0 saturated carbocycles. The molecule has 5 nitrogen and oxygen atoms in total. The van der Waals surface area contributed by atoms with Gasteiger partial charge in [-0.25, -0.2) is 0 Å². The second kappa shape index (κ2) is 8.60. The van der Waals surface area contributed by atoms with E-state index in [4.69, 9.17) is 0 Å². The topological polar surface area (TPSA) is 47.6 Å². The molecule has 1 aromatic carbocycles. The van der Waals surface area contributed by atoms with Crippen molar-refractivity contribution in [3.05, 3.63) is 35.4 Å². The van der Waals surface area contributed by atoms with Crippen LogP contribution in [-0.4, -0.2) is 61.5 Å². The normalized spacial score (nSPS) is 22.6. The third-order valence-electron chi connectivity index (χ3n) is 5.31. The summed E-state index contributed by atoms with van der Waals surface area (Å²) >= 11 is 0. The molecule has 0 bridgehead atoms. The van der Waals surface area contributed by atoms with Gasteiger partial charge in [0.25, 0.3) is 0 Å². The van der Waals surface area contributed by atoms with Gasteiger partial charge in [-0.1, -0.05) is 31.2 Å². The fourth-order valence-electron chi connectivity index (χ4n) is 3.59. The number of carbonyl (C=O) groups is 1. The first-order valence-electron chi connectivity index (χ1n) is 9.26. The van der Waals surface area contributed by atoms with E-state index in [1.807, 2.05) is 0 Å². The van der Waals surface area contributed by atoms with Gasteiger partial charge in [-0.3, -0.25) is 9.69 Å². The molecule has 2 aliphatic heterocycles. The summed E-state index contributed by atoms with van der Waals surface area (Å²) in [7, 11) is 0. The van der Waals surface area contributed by atoms with Gasteiger partial charge < -0.3 is 15.5 Å². The number of carbonyl (C=O) groups excluding carboxylic acids is 1. The molecule has 0 spiro atoms. The van der Waals surface area contributed by atoms with Crippen molar-refractivity contribution in [1.82, 2.24) is 20.4 Å². The van der Waals surface area contributed by atoms with Crippen LogP contribution in [0.4, 0.5) is 0 Å². The van der Waals surface area contributed by atoms with Gasteiger partial charge in [0.1, 0.15) is 0 Å². The van der Waals surface area contributed by atoms with Crippen molar-refractivity contribution in [3.63, 3.8) is 0 Å². The molecule has 3 rings (SSSR count). The number of likely N-dealkylation sites (N-methyl/N-ethyl adjacent to an activating group) is 1. The van der Waals surface area contributed by atoms with Crippen molar-refractivity contribution in [1.29, 1.82) is 0 Å². The summed E-state index contributed by atoms with van der Waals surface area (Å²) < 4.78 is 0. The maximum Gasteiger partial charge on any atom is 0.224 e. The molecule has 5 heteroatoms. The van der Waals surface area contributed by atoms with Gasteiger partial charge in [0.2, 0.25) is 5.91 Å². The molecule has 2 heterocycles. The number of rotatable bonds is 6. The summed E-state index contributed by atoms with van der Waals surface area (Å²) in [4.78, 5) is 17.2. The maximum atomic E-state index is 12.2. The Morgan fingerprint density at radius 1 is 1.17 bits per heavy atom. The number of hydrogen-bond donors (Lipinski definition) is 2. The van der Waals surface area contributed by atoms with E-state index in [9.17, 15) is 4.79 Å². The van der Waals surface area contributed by atoms with E-state index in [-0.39, 0.29) is 11.8 Å². The van der Waals surface area contributed by atoms with Crippen molar-refractivity contribution in [2.45, 2.75) is 26.4 Å². The first-order chi connectivity index (χ1) is 11.8. The van der Waals surface area contributed by atoms with Crippen LogP contribution >= 0.6 is 0 Å². The zero-order chi connectivity index (χ0) is 16.8. The zero-order valence-electron chi connectivity index (χ0n) is 14.8. The fourth-order valence-corrected chi connectivity index (χ4v) is 3.59. The number of nitrogens with one attached hydrogen (secondary N) is 2. The molecule has 0 radical (unpaired) electrons. The lowest BCUT2D eigenvalue weighted by atomic mass is 10.1. The molecule has 1 unspecified atom stereocenters. The lowest BCUT2D eigenvalue weighted by Crippen LogP contribution is -2.45. The van der Waals surface area contributed by atoms with E-state index in [0.29, 0.717) is 6.54 Å². The highest BCUT2D eigenvalue weighted by Gasteiger charge is 2.22. The van der Waals surface area contributed by atoms with Crippen LogP contribution in [0, 0.1) is 5.92 Å². The van der Waals surface area contributed by atoms with E-state index in [1.54, 1.807) is 0 Å². The van der Waals surface area contributed by atoms with E-state index in [0.717, 1.165) is 58.8 Å². The van der Waals surface area contributed by atoms with Crippen molar-refractivity contribution in [3.8, 4) is 0 Å². The van der Waals surface area contributed by atoms with Crippen molar-refractivity contribution in [2.75, 3.05) is 45.8 Å². The zero-order valence-corrected chi connectivity index (χ0v) is 14.8.